The van der Waals surface area contributed by atoms with Gasteiger partial charge in [0.2, 0.25) is 0 Å². The smallest absolute Gasteiger partial charge is 0.254 e. The number of pyridine rings is 1. The molecule has 0 aliphatic carbocycles. The molecule has 0 saturated carbocycles. The van der Waals surface area contributed by atoms with Gasteiger partial charge in [-0.2, -0.15) is 5.26 Å². The van der Waals surface area contributed by atoms with Crippen LogP contribution in [-0.4, -0.2) is 24.2 Å². The van der Waals surface area contributed by atoms with Crippen LogP contribution in [0.5, 0.6) is 11.5 Å². The van der Waals surface area contributed by atoms with Gasteiger partial charge >= 0.3 is 0 Å². The highest BCUT2D eigenvalue weighted by atomic mass is 35.5. The van der Waals surface area contributed by atoms with Crippen molar-refractivity contribution in [3.63, 3.8) is 0 Å². The number of halogens is 1. The Labute approximate surface area is 288 Å². The second kappa shape index (κ2) is 14.5. The second-order valence-corrected chi connectivity index (χ2v) is 11.9. The summed E-state index contributed by atoms with van der Waals surface area (Å²) in [6, 6.07) is 25.3. The Kier molecular flexibility index (Phi) is 9.74. The first-order valence-electron chi connectivity index (χ1n) is 15.6. The third kappa shape index (κ3) is 6.89. The van der Waals surface area contributed by atoms with Crippen molar-refractivity contribution in [2.75, 3.05) is 7.05 Å². The highest BCUT2D eigenvalue weighted by molar-refractivity contribution is 6.32. The molecule has 9 heteroatoms. The van der Waals surface area contributed by atoms with E-state index in [2.05, 4.69) is 54.5 Å². The largest absolute Gasteiger partial charge is 0.488 e. The van der Waals surface area contributed by atoms with Gasteiger partial charge in [0.1, 0.15) is 42.7 Å². The van der Waals surface area contributed by atoms with E-state index in [0.29, 0.717) is 23.3 Å². The summed E-state index contributed by atoms with van der Waals surface area (Å²) < 4.78 is 18.0. The van der Waals surface area contributed by atoms with Crippen molar-refractivity contribution in [1.82, 2.24) is 10.3 Å². The molecule has 0 bridgehead atoms. The van der Waals surface area contributed by atoms with Crippen LogP contribution in [0.4, 0.5) is 0 Å². The number of fused-ring (bicyclic) bond motifs is 1. The van der Waals surface area contributed by atoms with Gasteiger partial charge in [0.05, 0.1) is 22.4 Å². The molecule has 8 nitrogen and oxygen atoms in total. The van der Waals surface area contributed by atoms with Crippen molar-refractivity contribution >= 4 is 34.8 Å². The van der Waals surface area contributed by atoms with Crippen molar-refractivity contribution in [1.29, 1.82) is 5.26 Å². The molecule has 0 radical (unpaired) electrons. The van der Waals surface area contributed by atoms with Crippen molar-refractivity contribution in [2.45, 2.75) is 33.5 Å². The number of ether oxygens (including phenoxy) is 2. The van der Waals surface area contributed by atoms with Gasteiger partial charge in [-0.1, -0.05) is 60.1 Å². The number of carbonyl (C=O) groups excluding carboxylic acids is 2. The quantitative estimate of drug-likeness (QED) is 0.137. The molecule has 0 saturated heterocycles. The molecule has 1 amide bonds. The molecule has 1 N–H and O–H groups in total. The number of rotatable bonds is 11. The molecule has 0 aliphatic heterocycles. The molecule has 2 aromatic heterocycles. The average molecular weight is 670 g/mol. The zero-order valence-corrected chi connectivity index (χ0v) is 27.9. The van der Waals surface area contributed by atoms with Crippen LogP contribution in [0.15, 0.2) is 95.9 Å². The van der Waals surface area contributed by atoms with Gasteiger partial charge in [-0.15, -0.1) is 0 Å². The van der Waals surface area contributed by atoms with Crippen molar-refractivity contribution in [2.24, 2.45) is 0 Å². The first-order valence-corrected chi connectivity index (χ1v) is 16.0. The molecule has 6 rings (SSSR count). The number of aldehydes is 1. The molecule has 244 valence electrons. The Bertz CT molecular complexity index is 2250. The van der Waals surface area contributed by atoms with Crippen molar-refractivity contribution in [3.05, 3.63) is 135 Å². The van der Waals surface area contributed by atoms with Crippen LogP contribution < -0.4 is 14.8 Å². The summed E-state index contributed by atoms with van der Waals surface area (Å²) >= 11 is 6.61. The van der Waals surface area contributed by atoms with Gasteiger partial charge in [0.15, 0.2) is 0 Å². The summed E-state index contributed by atoms with van der Waals surface area (Å²) in [5, 5.41) is 13.0. The van der Waals surface area contributed by atoms with E-state index in [0.717, 1.165) is 61.8 Å². The summed E-state index contributed by atoms with van der Waals surface area (Å²) in [7, 11) is 1.53. The lowest BCUT2D eigenvalue weighted by molar-refractivity contribution is -0.107. The Hall–Kier alpha value is -5.91. The lowest BCUT2D eigenvalue weighted by atomic mass is 9.89. The molecule has 0 aliphatic rings. The Morgan fingerprint density at radius 1 is 0.918 bits per heavy atom. The topological polar surface area (TPSA) is 114 Å². The number of aromatic nitrogens is 1. The van der Waals surface area contributed by atoms with Gasteiger partial charge in [-0.05, 0) is 71.0 Å². The van der Waals surface area contributed by atoms with Crippen LogP contribution in [0.25, 0.3) is 33.2 Å². The van der Waals surface area contributed by atoms with Gasteiger partial charge in [0.25, 0.3) is 5.91 Å². The van der Waals surface area contributed by atoms with E-state index in [4.69, 9.17) is 25.5 Å². The molecular weight excluding hydrogens is 638 g/mol. The number of carbonyl (C=O) groups is 2. The number of hydrogen-bond donors (Lipinski definition) is 1. The Morgan fingerprint density at radius 3 is 2.45 bits per heavy atom. The Balaban J connectivity index is 1.26. The normalized spacial score (nSPS) is 10.8. The second-order valence-electron chi connectivity index (χ2n) is 11.5. The third-order valence-corrected chi connectivity index (χ3v) is 8.84. The van der Waals surface area contributed by atoms with E-state index in [1.807, 2.05) is 30.3 Å². The summed E-state index contributed by atoms with van der Waals surface area (Å²) in [6.07, 6.45) is 5.92. The highest BCUT2D eigenvalue weighted by Crippen LogP contribution is 2.37. The number of nitrogens with zero attached hydrogens (tertiary/aromatic N) is 2. The van der Waals surface area contributed by atoms with Crippen LogP contribution >= 0.6 is 11.6 Å². The molecular formula is C40H32ClN3O5. The van der Waals surface area contributed by atoms with Crippen LogP contribution in [0.1, 0.15) is 43.7 Å². The van der Waals surface area contributed by atoms with E-state index in [1.165, 1.54) is 19.3 Å². The fraction of sp³-hybridized carbons (Fsp3) is 0.150. The molecule has 2 heterocycles. The lowest BCUT2D eigenvalue weighted by Crippen LogP contribution is -2.19. The summed E-state index contributed by atoms with van der Waals surface area (Å²) in [5.41, 5.74) is 10.4. The monoisotopic (exact) mass is 669 g/mol. The van der Waals surface area contributed by atoms with Crippen molar-refractivity contribution in [3.8, 4) is 39.8 Å². The highest BCUT2D eigenvalue weighted by Gasteiger charge is 2.18. The first kappa shape index (κ1) is 33.0. The minimum absolute atomic E-state index is 0.0870. The minimum Gasteiger partial charge on any atom is -0.488 e. The van der Waals surface area contributed by atoms with E-state index in [-0.39, 0.29) is 35.5 Å². The molecule has 4 aromatic carbocycles. The number of nitrogens with one attached hydrogen (secondary N) is 1. The molecule has 6 aromatic rings. The predicted molar refractivity (Wildman–Crippen MR) is 189 cm³/mol. The minimum atomic E-state index is -0.361. The number of furan rings is 1. The maximum absolute atomic E-state index is 12.7. The number of benzene rings is 4. The average Bonchev–Trinajstić information content (AvgIpc) is 3.53. The Morgan fingerprint density at radius 2 is 1.67 bits per heavy atom. The van der Waals surface area contributed by atoms with Crippen molar-refractivity contribution < 1.29 is 23.5 Å². The van der Waals surface area contributed by atoms with E-state index in [9.17, 15) is 14.9 Å². The van der Waals surface area contributed by atoms with E-state index in [1.54, 1.807) is 24.6 Å². The van der Waals surface area contributed by atoms with Crippen LogP contribution in [0.2, 0.25) is 5.02 Å². The van der Waals surface area contributed by atoms with Gasteiger partial charge in [-0.3, -0.25) is 9.78 Å². The zero-order chi connectivity index (χ0) is 34.5. The van der Waals surface area contributed by atoms with Gasteiger partial charge in [-0.25, -0.2) is 0 Å². The fourth-order valence-corrected chi connectivity index (χ4v) is 6.11. The van der Waals surface area contributed by atoms with E-state index >= 15 is 0 Å². The van der Waals surface area contributed by atoms with Crippen LogP contribution in [0.3, 0.4) is 0 Å². The third-order valence-electron chi connectivity index (χ3n) is 8.55. The standard InChI is InChI=1S/C40H32ClN3O5/c1-24-29(22-49-39-17-38(35(16-36(39)41)40(46)43-3)47-21-27-14-26(18-42)19-44-20-27)6-4-8-32(24)33-9-5-7-31(25(33)2)28-10-11-34-30(12-13-45)23-48-37(34)15-28/h4-11,13-17,19-20,23H,12,21-22H2,1-3H3,(H,43,46). The maximum Gasteiger partial charge on any atom is 0.254 e. The summed E-state index contributed by atoms with van der Waals surface area (Å²) in [6.45, 7) is 4.49. The van der Waals surface area contributed by atoms with Gasteiger partial charge in [0, 0.05) is 48.4 Å². The fourth-order valence-electron chi connectivity index (χ4n) is 5.89. The number of nitriles is 1. The predicted octanol–water partition coefficient (Wildman–Crippen LogP) is 8.56. The maximum atomic E-state index is 12.7. The zero-order valence-electron chi connectivity index (χ0n) is 27.2. The number of hydrogen-bond acceptors (Lipinski definition) is 7. The molecule has 0 unspecified atom stereocenters. The summed E-state index contributed by atoms with van der Waals surface area (Å²) in [4.78, 5) is 27.8. The molecule has 0 fully saturated rings. The lowest BCUT2D eigenvalue weighted by Gasteiger charge is -2.18. The molecule has 0 atom stereocenters. The van der Waals surface area contributed by atoms with Crippen LogP contribution in [-0.2, 0) is 24.4 Å². The van der Waals surface area contributed by atoms with E-state index < -0.39 is 0 Å². The summed E-state index contributed by atoms with van der Waals surface area (Å²) in [5.74, 6) is 0.285. The molecule has 49 heavy (non-hydrogen) atoms. The first-order chi connectivity index (χ1) is 23.8. The van der Waals surface area contributed by atoms with Crippen LogP contribution in [0, 0.1) is 25.2 Å². The SMILES string of the molecule is CNC(=O)c1cc(Cl)c(OCc2cccc(-c3cccc(-c4ccc5c(CC=O)coc5c4)c3C)c2C)cc1OCc1cncc(C#N)c1. The molecule has 0 spiro atoms. The van der Waals surface area contributed by atoms with Gasteiger partial charge < -0.3 is 24.0 Å². The number of amides is 1.